The van der Waals surface area contributed by atoms with Crippen LogP contribution < -0.4 is 21.1 Å². The van der Waals surface area contributed by atoms with Crippen LogP contribution in [0.2, 0.25) is 0 Å². The van der Waals surface area contributed by atoms with Crippen LogP contribution in [0, 0.1) is 11.3 Å². The molecule has 4 aromatic carbocycles. The van der Waals surface area contributed by atoms with Crippen molar-refractivity contribution in [2.45, 2.75) is 32.2 Å². The lowest BCUT2D eigenvalue weighted by Crippen LogP contribution is -2.27. The van der Waals surface area contributed by atoms with Gasteiger partial charge in [-0.25, -0.2) is 4.79 Å². The second kappa shape index (κ2) is 12.6. The topological polar surface area (TPSA) is 178 Å². The van der Waals surface area contributed by atoms with E-state index in [1.54, 1.807) is 36.4 Å². The molecule has 8 N–H and O–H groups in total. The van der Waals surface area contributed by atoms with Gasteiger partial charge in [-0.15, -0.1) is 0 Å². The molecule has 0 spiro atoms. The van der Waals surface area contributed by atoms with Crippen molar-refractivity contribution in [2.75, 3.05) is 19.0 Å². The number of amidine groups is 1. The number of aromatic hydroxyl groups is 2. The predicted octanol–water partition coefficient (Wildman–Crippen LogP) is 5.83. The molecule has 0 aromatic heterocycles. The average molecular weight is 609 g/mol. The molecule has 232 valence electrons. The number of benzene rings is 4. The minimum Gasteiger partial charge on any atom is -0.508 e. The van der Waals surface area contributed by atoms with E-state index < -0.39 is 5.97 Å². The van der Waals surface area contributed by atoms with Crippen molar-refractivity contribution in [2.24, 2.45) is 11.7 Å². The first-order chi connectivity index (χ1) is 21.5. The Hall–Kier alpha value is -5.51. The van der Waals surface area contributed by atoms with Gasteiger partial charge in [-0.05, 0) is 94.8 Å². The van der Waals surface area contributed by atoms with Gasteiger partial charge in [-0.1, -0.05) is 32.0 Å². The first-order valence-electron chi connectivity index (χ1n) is 14.6. The molecular weight excluding hydrogens is 572 g/mol. The van der Waals surface area contributed by atoms with Gasteiger partial charge in [0, 0.05) is 29.3 Å². The molecular formula is C35H36N4O6. The summed E-state index contributed by atoms with van der Waals surface area (Å²) in [6.07, 6.45) is 0.498. The van der Waals surface area contributed by atoms with Crippen LogP contribution >= 0.6 is 0 Å². The Bertz CT molecular complexity index is 1780. The fraction of sp³-hybridized carbons (Fsp3) is 0.229. The summed E-state index contributed by atoms with van der Waals surface area (Å²) >= 11 is 0. The number of anilines is 1. The van der Waals surface area contributed by atoms with E-state index in [1.807, 2.05) is 38.1 Å². The van der Waals surface area contributed by atoms with Crippen molar-refractivity contribution < 1.29 is 29.6 Å². The number of carboxylic acid groups (broad SMARTS) is 1. The van der Waals surface area contributed by atoms with Gasteiger partial charge in [0.25, 0.3) is 5.91 Å². The number of aromatic carboxylic acids is 1. The molecule has 1 amide bonds. The van der Waals surface area contributed by atoms with Crippen molar-refractivity contribution in [3.8, 4) is 28.4 Å². The highest BCUT2D eigenvalue weighted by atomic mass is 16.5. The van der Waals surface area contributed by atoms with E-state index in [2.05, 4.69) is 10.6 Å². The molecule has 10 nitrogen and oxygen atoms in total. The standard InChI is InChI=1S/C35H36N4O6/c1-18(2)17-38-34(42)21-6-10-23(28(13-21)35(43)44)25-15-31(41)32(45-3)16-27(25)30-14-24(19-4-8-22(40)9-5-19)26-12-20(33(36)37)7-11-29(26)39-30/h4-13,15-16,18,24,30,39-41H,14,17H2,1-3H3,(H3,36,37)(H,38,42)(H,43,44). The van der Waals surface area contributed by atoms with E-state index in [0.29, 0.717) is 35.2 Å². The number of carboxylic acids is 1. The summed E-state index contributed by atoms with van der Waals surface area (Å²) in [4.78, 5) is 25.4. The second-order valence-electron chi connectivity index (χ2n) is 11.6. The Kier molecular flexibility index (Phi) is 8.67. The Morgan fingerprint density at radius 3 is 2.33 bits per heavy atom. The Balaban J connectivity index is 1.65. The lowest BCUT2D eigenvalue weighted by Gasteiger charge is -2.35. The lowest BCUT2D eigenvalue weighted by molar-refractivity contribution is 0.0697. The van der Waals surface area contributed by atoms with E-state index in [-0.39, 0.29) is 58.0 Å². The quantitative estimate of drug-likeness (QED) is 0.0916. The summed E-state index contributed by atoms with van der Waals surface area (Å²) in [6, 6.07) is 19.7. The normalized spacial score (nSPS) is 15.6. The van der Waals surface area contributed by atoms with Crippen LogP contribution in [0.25, 0.3) is 11.1 Å². The molecule has 1 heterocycles. The fourth-order valence-electron chi connectivity index (χ4n) is 5.75. The minimum atomic E-state index is -1.22. The van der Waals surface area contributed by atoms with Gasteiger partial charge in [0.2, 0.25) is 0 Å². The predicted molar refractivity (Wildman–Crippen MR) is 173 cm³/mol. The van der Waals surface area contributed by atoms with Crippen LogP contribution in [0.5, 0.6) is 17.2 Å². The average Bonchev–Trinajstić information content (AvgIpc) is 3.02. The molecule has 0 aliphatic carbocycles. The number of amides is 1. The molecule has 0 saturated carbocycles. The monoisotopic (exact) mass is 608 g/mol. The molecule has 0 bridgehead atoms. The number of nitrogens with two attached hydrogens (primary N) is 1. The number of hydrogen-bond acceptors (Lipinski definition) is 7. The molecule has 5 rings (SSSR count). The molecule has 0 saturated heterocycles. The number of nitrogens with one attached hydrogen (secondary N) is 3. The van der Waals surface area contributed by atoms with Crippen LogP contribution in [0.15, 0.2) is 72.8 Å². The summed E-state index contributed by atoms with van der Waals surface area (Å²) in [7, 11) is 1.44. The van der Waals surface area contributed by atoms with Crippen LogP contribution in [-0.2, 0) is 0 Å². The highest BCUT2D eigenvalue weighted by molar-refractivity contribution is 6.02. The molecule has 45 heavy (non-hydrogen) atoms. The molecule has 1 aliphatic heterocycles. The first kappa shape index (κ1) is 30.9. The number of phenols is 2. The molecule has 4 aromatic rings. The number of rotatable bonds is 9. The maximum absolute atomic E-state index is 12.8. The maximum atomic E-state index is 12.8. The van der Waals surface area contributed by atoms with Gasteiger partial charge in [-0.2, -0.15) is 0 Å². The molecule has 10 heteroatoms. The number of hydrogen-bond donors (Lipinski definition) is 7. The lowest BCUT2D eigenvalue weighted by atomic mass is 9.78. The van der Waals surface area contributed by atoms with Crippen molar-refractivity contribution >= 4 is 23.4 Å². The number of nitrogen functional groups attached to an aromatic ring is 1. The number of fused-ring (bicyclic) bond motifs is 1. The van der Waals surface area contributed by atoms with Gasteiger partial charge < -0.3 is 36.4 Å². The van der Waals surface area contributed by atoms with Crippen molar-refractivity contribution in [1.29, 1.82) is 5.41 Å². The zero-order valence-corrected chi connectivity index (χ0v) is 25.2. The van der Waals surface area contributed by atoms with Crippen LogP contribution in [0.1, 0.15) is 75.2 Å². The van der Waals surface area contributed by atoms with E-state index in [4.69, 9.17) is 15.9 Å². The fourth-order valence-corrected chi connectivity index (χ4v) is 5.75. The Morgan fingerprint density at radius 1 is 0.978 bits per heavy atom. The Morgan fingerprint density at radius 2 is 1.69 bits per heavy atom. The third-order valence-corrected chi connectivity index (χ3v) is 8.03. The van der Waals surface area contributed by atoms with E-state index >= 15 is 0 Å². The largest absolute Gasteiger partial charge is 0.508 e. The van der Waals surface area contributed by atoms with E-state index in [0.717, 1.165) is 16.8 Å². The van der Waals surface area contributed by atoms with Gasteiger partial charge in [0.15, 0.2) is 11.5 Å². The number of phenolic OH excluding ortho intramolecular Hbond substituents is 2. The maximum Gasteiger partial charge on any atom is 0.336 e. The number of methoxy groups -OCH3 is 1. The van der Waals surface area contributed by atoms with Crippen LogP contribution in [-0.4, -0.2) is 46.7 Å². The third kappa shape index (κ3) is 6.40. The summed E-state index contributed by atoms with van der Waals surface area (Å²) in [6.45, 7) is 4.39. The van der Waals surface area contributed by atoms with Crippen LogP contribution in [0.3, 0.4) is 0 Å². The third-order valence-electron chi connectivity index (χ3n) is 8.03. The van der Waals surface area contributed by atoms with E-state index in [9.17, 15) is 24.9 Å². The molecule has 1 aliphatic rings. The van der Waals surface area contributed by atoms with Crippen molar-refractivity contribution in [3.05, 3.63) is 106 Å². The van der Waals surface area contributed by atoms with Gasteiger partial charge >= 0.3 is 5.97 Å². The highest BCUT2D eigenvalue weighted by Gasteiger charge is 2.32. The van der Waals surface area contributed by atoms with Gasteiger partial charge in [-0.3, -0.25) is 10.2 Å². The van der Waals surface area contributed by atoms with E-state index in [1.165, 1.54) is 19.2 Å². The summed E-state index contributed by atoms with van der Waals surface area (Å²) in [5.41, 5.74) is 10.6. The Labute approximate surface area is 261 Å². The molecule has 2 unspecified atom stereocenters. The summed E-state index contributed by atoms with van der Waals surface area (Å²) in [5, 5.41) is 45.4. The van der Waals surface area contributed by atoms with Crippen molar-refractivity contribution in [1.82, 2.24) is 5.32 Å². The van der Waals surface area contributed by atoms with Gasteiger partial charge in [0.1, 0.15) is 11.6 Å². The highest BCUT2D eigenvalue weighted by Crippen LogP contribution is 2.48. The number of carbonyl (C=O) groups excluding carboxylic acids is 1. The number of carbonyl (C=O) groups is 2. The van der Waals surface area contributed by atoms with Gasteiger partial charge in [0.05, 0.1) is 18.7 Å². The molecule has 0 radical (unpaired) electrons. The molecule has 2 atom stereocenters. The van der Waals surface area contributed by atoms with Crippen LogP contribution in [0.4, 0.5) is 5.69 Å². The minimum absolute atomic E-state index is 0.0579. The zero-order chi connectivity index (χ0) is 32.4. The number of ether oxygens (including phenoxy) is 1. The van der Waals surface area contributed by atoms with Crippen molar-refractivity contribution in [3.63, 3.8) is 0 Å². The first-order valence-corrected chi connectivity index (χ1v) is 14.6. The zero-order valence-electron chi connectivity index (χ0n) is 25.2. The summed E-state index contributed by atoms with van der Waals surface area (Å²) in [5.74, 6) is -1.42. The summed E-state index contributed by atoms with van der Waals surface area (Å²) < 4.78 is 5.47. The smallest absolute Gasteiger partial charge is 0.336 e. The second-order valence-corrected chi connectivity index (χ2v) is 11.6. The molecule has 0 fully saturated rings. The SMILES string of the molecule is COc1cc(C2CC(c3ccc(O)cc3)c3cc(C(=N)N)ccc3N2)c(-c2ccc(C(=O)NCC(C)C)cc2C(=O)O)cc1O.